The van der Waals surface area contributed by atoms with E-state index in [1.807, 2.05) is 6.07 Å². The molecular weight excluding hydrogens is 412 g/mol. The van der Waals surface area contributed by atoms with Gasteiger partial charge in [0, 0.05) is 37.6 Å². The highest BCUT2D eigenvalue weighted by molar-refractivity contribution is 5.99. The summed E-state index contributed by atoms with van der Waals surface area (Å²) < 4.78 is 0. The van der Waals surface area contributed by atoms with Crippen molar-refractivity contribution in [1.82, 2.24) is 30.4 Å². The van der Waals surface area contributed by atoms with Crippen LogP contribution in [0.4, 0.5) is 0 Å². The van der Waals surface area contributed by atoms with Gasteiger partial charge in [0.05, 0.1) is 12.7 Å². The predicted octanol–water partition coefficient (Wildman–Crippen LogP) is -0.162. The topological polar surface area (TPSA) is 125 Å². The molecule has 0 saturated carbocycles. The maximum absolute atomic E-state index is 13.2. The molecule has 0 bridgehead atoms. The fraction of sp³-hybridized carbons (Fsp3) is 0.364. The van der Waals surface area contributed by atoms with Crippen molar-refractivity contribution in [2.24, 2.45) is 0 Å². The van der Waals surface area contributed by atoms with Crippen LogP contribution in [0.15, 0.2) is 48.9 Å². The Bertz CT molecular complexity index is 1000. The number of aromatic nitrogens is 2. The van der Waals surface area contributed by atoms with Gasteiger partial charge in [-0.05, 0) is 25.0 Å². The maximum Gasteiger partial charge on any atom is 0.274 e. The van der Waals surface area contributed by atoms with Crippen LogP contribution in [0.2, 0.25) is 0 Å². The minimum absolute atomic E-state index is 0.0138. The molecule has 0 aliphatic carbocycles. The molecule has 1 aromatic heterocycles. The Hall–Kier alpha value is -3.82. The van der Waals surface area contributed by atoms with Crippen LogP contribution < -0.4 is 10.6 Å². The number of nitrogens with one attached hydrogen (secondary N) is 2. The number of nitrogens with zero attached hydrogens (tertiary/aromatic N) is 4. The summed E-state index contributed by atoms with van der Waals surface area (Å²) in [5, 5.41) is 5.49. The smallest absolute Gasteiger partial charge is 0.274 e. The van der Waals surface area contributed by atoms with E-state index in [-0.39, 0.29) is 37.1 Å². The molecule has 2 aromatic rings. The number of piperidine rings is 1. The van der Waals surface area contributed by atoms with Gasteiger partial charge < -0.3 is 20.4 Å². The van der Waals surface area contributed by atoms with Crippen LogP contribution in [-0.2, 0) is 9.59 Å². The van der Waals surface area contributed by atoms with Crippen molar-refractivity contribution in [1.29, 1.82) is 0 Å². The largest absolute Gasteiger partial charge is 0.354 e. The molecule has 4 rings (SSSR count). The van der Waals surface area contributed by atoms with Gasteiger partial charge in [0.15, 0.2) is 0 Å². The van der Waals surface area contributed by atoms with Crippen molar-refractivity contribution in [3.05, 3.63) is 60.2 Å². The number of carbonyl (C=O) groups is 4. The second kappa shape index (κ2) is 9.54. The highest BCUT2D eigenvalue weighted by Gasteiger charge is 2.39. The Kier molecular flexibility index (Phi) is 6.39. The molecule has 0 spiro atoms. The zero-order valence-electron chi connectivity index (χ0n) is 17.4. The fourth-order valence-corrected chi connectivity index (χ4v) is 3.93. The summed E-state index contributed by atoms with van der Waals surface area (Å²) in [6, 6.07) is 7.16. The monoisotopic (exact) mass is 436 g/mol. The molecule has 0 radical (unpaired) electrons. The Morgan fingerprint density at radius 3 is 2.59 bits per heavy atom. The number of carbonyl (C=O) groups excluding carboxylic acids is 4. The van der Waals surface area contributed by atoms with Crippen molar-refractivity contribution < 1.29 is 19.2 Å². The first-order valence-corrected chi connectivity index (χ1v) is 10.5. The maximum atomic E-state index is 13.2. The van der Waals surface area contributed by atoms with Crippen molar-refractivity contribution in [3.8, 4) is 0 Å². The summed E-state index contributed by atoms with van der Waals surface area (Å²) in [4.78, 5) is 62.3. The summed E-state index contributed by atoms with van der Waals surface area (Å²) in [7, 11) is 0. The fourth-order valence-electron chi connectivity index (χ4n) is 3.93. The van der Waals surface area contributed by atoms with Gasteiger partial charge in [-0.2, -0.15) is 0 Å². The summed E-state index contributed by atoms with van der Waals surface area (Å²) in [6.07, 6.45) is 5.48. The number of hydrogen-bond donors (Lipinski definition) is 2. The van der Waals surface area contributed by atoms with E-state index in [9.17, 15) is 19.2 Å². The minimum atomic E-state index is -0.958. The minimum Gasteiger partial charge on any atom is -0.354 e. The van der Waals surface area contributed by atoms with Crippen LogP contribution in [0.1, 0.15) is 33.7 Å². The van der Waals surface area contributed by atoms with Gasteiger partial charge in [-0.3, -0.25) is 24.2 Å². The lowest BCUT2D eigenvalue weighted by Crippen LogP contribution is -2.63. The standard InChI is InChI=1S/C22H24N6O4/c29-19-16(7-4-8-25-19)26-20(30)18-14-27(21(31)15-5-2-1-3-6-15)11-12-28(18)22(32)17-13-23-9-10-24-17/h1-3,5-6,9-10,13,16,18H,4,7-8,11-12,14H2,(H,25,29)(H,26,30)/t16-,18+/m1/s1. The molecule has 2 saturated heterocycles. The summed E-state index contributed by atoms with van der Waals surface area (Å²) in [5.74, 6) is -1.39. The van der Waals surface area contributed by atoms with Crippen LogP contribution in [0.3, 0.4) is 0 Å². The van der Waals surface area contributed by atoms with Gasteiger partial charge in [0.1, 0.15) is 17.8 Å². The number of benzene rings is 1. The van der Waals surface area contributed by atoms with E-state index in [1.165, 1.54) is 23.5 Å². The first kappa shape index (κ1) is 21.4. The Morgan fingerprint density at radius 2 is 1.88 bits per heavy atom. The number of amides is 4. The number of rotatable bonds is 4. The second-order valence-electron chi connectivity index (χ2n) is 7.72. The van der Waals surface area contributed by atoms with Gasteiger partial charge in [-0.15, -0.1) is 0 Å². The third kappa shape index (κ3) is 4.58. The predicted molar refractivity (Wildman–Crippen MR) is 113 cm³/mol. The van der Waals surface area contributed by atoms with E-state index in [2.05, 4.69) is 20.6 Å². The van der Waals surface area contributed by atoms with E-state index in [1.54, 1.807) is 29.2 Å². The van der Waals surface area contributed by atoms with Gasteiger partial charge in [-0.1, -0.05) is 18.2 Å². The van der Waals surface area contributed by atoms with Crippen LogP contribution in [0.25, 0.3) is 0 Å². The summed E-state index contributed by atoms with van der Waals surface area (Å²) >= 11 is 0. The number of piperazine rings is 1. The first-order chi connectivity index (χ1) is 15.5. The molecule has 10 nitrogen and oxygen atoms in total. The van der Waals surface area contributed by atoms with Crippen molar-refractivity contribution in [2.45, 2.75) is 24.9 Å². The van der Waals surface area contributed by atoms with E-state index in [4.69, 9.17) is 0 Å². The van der Waals surface area contributed by atoms with Gasteiger partial charge in [-0.25, -0.2) is 4.98 Å². The molecule has 10 heteroatoms. The zero-order chi connectivity index (χ0) is 22.5. The molecule has 166 valence electrons. The molecular formula is C22H24N6O4. The summed E-state index contributed by atoms with van der Waals surface area (Å²) in [6.45, 7) is 1.02. The highest BCUT2D eigenvalue weighted by Crippen LogP contribution is 2.17. The van der Waals surface area contributed by atoms with E-state index >= 15 is 0 Å². The van der Waals surface area contributed by atoms with E-state index < -0.39 is 23.9 Å². The Balaban J connectivity index is 1.56. The molecule has 4 amide bonds. The molecule has 3 heterocycles. The van der Waals surface area contributed by atoms with E-state index in [0.29, 0.717) is 18.5 Å². The Labute approximate surface area is 185 Å². The van der Waals surface area contributed by atoms with Gasteiger partial charge >= 0.3 is 0 Å². The molecule has 0 unspecified atom stereocenters. The molecule has 2 aliphatic rings. The van der Waals surface area contributed by atoms with Crippen molar-refractivity contribution in [2.75, 3.05) is 26.2 Å². The molecule has 2 aliphatic heterocycles. The third-order valence-corrected chi connectivity index (χ3v) is 5.64. The lowest BCUT2D eigenvalue weighted by molar-refractivity contribution is -0.133. The van der Waals surface area contributed by atoms with Crippen molar-refractivity contribution in [3.63, 3.8) is 0 Å². The molecule has 2 N–H and O–H groups in total. The Morgan fingerprint density at radius 1 is 1.06 bits per heavy atom. The highest BCUT2D eigenvalue weighted by atomic mass is 16.2. The zero-order valence-corrected chi connectivity index (χ0v) is 17.4. The second-order valence-corrected chi connectivity index (χ2v) is 7.72. The normalized spacial score (nSPS) is 20.9. The van der Waals surface area contributed by atoms with Crippen LogP contribution in [0.5, 0.6) is 0 Å². The average Bonchev–Trinajstić information content (AvgIpc) is 2.85. The van der Waals surface area contributed by atoms with Crippen LogP contribution >= 0.6 is 0 Å². The van der Waals surface area contributed by atoms with E-state index in [0.717, 1.165) is 6.42 Å². The average molecular weight is 436 g/mol. The number of hydrogen-bond acceptors (Lipinski definition) is 6. The molecule has 32 heavy (non-hydrogen) atoms. The van der Waals surface area contributed by atoms with Crippen LogP contribution in [-0.4, -0.2) is 81.7 Å². The molecule has 2 fully saturated rings. The molecule has 2 atom stereocenters. The molecule has 1 aromatic carbocycles. The van der Waals surface area contributed by atoms with Crippen LogP contribution in [0, 0.1) is 0 Å². The summed E-state index contributed by atoms with van der Waals surface area (Å²) in [5.41, 5.74) is 0.621. The van der Waals surface area contributed by atoms with Gasteiger partial charge in [0.2, 0.25) is 11.8 Å². The first-order valence-electron chi connectivity index (χ1n) is 10.5. The SMILES string of the molecule is O=C1NCCC[C@H]1NC(=O)[C@@H]1CN(C(=O)c2ccccc2)CCN1C(=O)c1cnccn1. The quantitative estimate of drug-likeness (QED) is 0.686. The lowest BCUT2D eigenvalue weighted by Gasteiger charge is -2.41. The third-order valence-electron chi connectivity index (χ3n) is 5.64. The lowest BCUT2D eigenvalue weighted by atomic mass is 10.0. The van der Waals surface area contributed by atoms with Gasteiger partial charge in [0.25, 0.3) is 11.8 Å². The van der Waals surface area contributed by atoms with Crippen molar-refractivity contribution >= 4 is 23.6 Å².